The number of carbonyl (C=O) groups excluding carboxylic acids is 1. The van der Waals surface area contributed by atoms with Gasteiger partial charge in [-0.2, -0.15) is 0 Å². The van der Waals surface area contributed by atoms with Crippen LogP contribution in [-0.2, 0) is 4.79 Å². The van der Waals surface area contributed by atoms with Gasteiger partial charge in [-0.1, -0.05) is 44.5 Å². The molecule has 0 N–H and O–H groups in total. The van der Waals surface area contributed by atoms with E-state index < -0.39 is 0 Å². The molecule has 0 spiro atoms. The van der Waals surface area contributed by atoms with Gasteiger partial charge in [0.05, 0.1) is 0 Å². The number of hydrogen-bond acceptors (Lipinski definition) is 1. The molecule has 0 radical (unpaired) electrons. The number of Topliss-reactive ketones (excluding diaryl/α,β-unsaturated/α-hetero) is 1. The fourth-order valence-electron chi connectivity index (χ4n) is 1.73. The smallest absolute Gasteiger partial charge is 0.142 e. The Bertz CT molecular complexity index is 344. The lowest BCUT2D eigenvalue weighted by Gasteiger charge is -2.16. The fraction of sp³-hybridized carbons (Fsp3) is 0.462. The Morgan fingerprint density at radius 3 is 2.53 bits per heavy atom. The largest absolute Gasteiger partial charge is 0.299 e. The van der Waals surface area contributed by atoms with Crippen LogP contribution in [0.15, 0.2) is 24.3 Å². The first-order valence-electron chi connectivity index (χ1n) is 5.35. The van der Waals surface area contributed by atoms with E-state index in [0.29, 0.717) is 10.8 Å². The highest BCUT2D eigenvalue weighted by Gasteiger charge is 2.21. The van der Waals surface area contributed by atoms with E-state index in [2.05, 4.69) is 0 Å². The summed E-state index contributed by atoms with van der Waals surface area (Å²) in [6.45, 7) is 5.91. The van der Waals surface area contributed by atoms with Crippen molar-refractivity contribution in [2.24, 2.45) is 5.92 Å². The predicted octanol–water partition coefficient (Wildman–Crippen LogP) is 4.06. The Hall–Kier alpha value is -0.820. The van der Waals surface area contributed by atoms with Crippen molar-refractivity contribution in [3.63, 3.8) is 0 Å². The van der Waals surface area contributed by atoms with Crippen molar-refractivity contribution in [2.75, 3.05) is 0 Å². The molecular weight excluding hydrogens is 208 g/mol. The van der Waals surface area contributed by atoms with Gasteiger partial charge in [0.15, 0.2) is 0 Å². The number of rotatable bonds is 4. The number of carbonyl (C=O) groups is 1. The molecule has 1 aromatic carbocycles. The normalized spacial score (nSPS) is 12.9. The Morgan fingerprint density at radius 2 is 2.07 bits per heavy atom. The van der Waals surface area contributed by atoms with Crippen LogP contribution in [0.25, 0.3) is 0 Å². The van der Waals surface area contributed by atoms with Crippen molar-refractivity contribution >= 4 is 17.4 Å². The second kappa shape index (κ2) is 5.32. The lowest BCUT2D eigenvalue weighted by atomic mass is 9.87. The third-order valence-corrected chi connectivity index (χ3v) is 2.81. The van der Waals surface area contributed by atoms with Crippen LogP contribution in [0.4, 0.5) is 0 Å². The van der Waals surface area contributed by atoms with Gasteiger partial charge in [-0.15, -0.1) is 0 Å². The minimum Gasteiger partial charge on any atom is -0.299 e. The molecule has 0 aliphatic carbocycles. The van der Waals surface area contributed by atoms with Gasteiger partial charge in [0.1, 0.15) is 5.78 Å². The average Bonchev–Trinajstić information content (AvgIpc) is 2.18. The maximum absolute atomic E-state index is 11.9. The van der Waals surface area contributed by atoms with Crippen LogP contribution in [0.2, 0.25) is 5.02 Å². The molecule has 1 rings (SSSR count). The molecule has 0 bridgehead atoms. The molecule has 0 aliphatic heterocycles. The first-order valence-corrected chi connectivity index (χ1v) is 5.73. The first-order chi connectivity index (χ1) is 7.06. The van der Waals surface area contributed by atoms with Crippen LogP contribution in [0, 0.1) is 5.92 Å². The molecular formula is C13H17ClO. The summed E-state index contributed by atoms with van der Waals surface area (Å²) in [5, 5.41) is 0.697. The van der Waals surface area contributed by atoms with Gasteiger partial charge >= 0.3 is 0 Å². The second-order valence-corrected chi connectivity index (χ2v) is 4.51. The molecule has 1 nitrogen and oxygen atoms in total. The van der Waals surface area contributed by atoms with E-state index in [4.69, 9.17) is 11.6 Å². The third-order valence-electron chi connectivity index (χ3n) is 2.57. The minimum absolute atomic E-state index is 0.0105. The summed E-state index contributed by atoms with van der Waals surface area (Å²) in [4.78, 5) is 11.9. The van der Waals surface area contributed by atoms with Crippen molar-refractivity contribution in [3.05, 3.63) is 34.9 Å². The summed E-state index contributed by atoms with van der Waals surface area (Å²) in [5.41, 5.74) is 1.03. The highest BCUT2D eigenvalue weighted by molar-refractivity contribution is 6.30. The van der Waals surface area contributed by atoms with Crippen molar-refractivity contribution < 1.29 is 4.79 Å². The number of benzene rings is 1. The van der Waals surface area contributed by atoms with E-state index >= 15 is 0 Å². The maximum atomic E-state index is 11.9. The van der Waals surface area contributed by atoms with E-state index in [1.165, 1.54) is 0 Å². The highest BCUT2D eigenvalue weighted by atomic mass is 35.5. The van der Waals surface area contributed by atoms with E-state index in [9.17, 15) is 4.79 Å². The molecule has 0 amide bonds. The zero-order valence-electron chi connectivity index (χ0n) is 9.46. The summed E-state index contributed by atoms with van der Waals surface area (Å²) in [5.74, 6) is 0.359. The van der Waals surface area contributed by atoms with Gasteiger partial charge in [-0.05, 0) is 24.1 Å². The topological polar surface area (TPSA) is 17.1 Å². The molecule has 82 valence electrons. The summed E-state index contributed by atoms with van der Waals surface area (Å²) in [6, 6.07) is 7.59. The predicted molar refractivity (Wildman–Crippen MR) is 64.3 cm³/mol. The van der Waals surface area contributed by atoms with E-state index in [1.54, 1.807) is 0 Å². The Labute approximate surface area is 96.5 Å². The molecule has 0 saturated heterocycles. The zero-order chi connectivity index (χ0) is 11.4. The SMILES string of the molecule is CCC(C(=O)C(C)C)c1cccc(Cl)c1. The summed E-state index contributed by atoms with van der Waals surface area (Å²) in [6.07, 6.45) is 0.831. The summed E-state index contributed by atoms with van der Waals surface area (Å²) < 4.78 is 0. The summed E-state index contributed by atoms with van der Waals surface area (Å²) >= 11 is 5.92. The molecule has 1 unspecified atom stereocenters. The quantitative estimate of drug-likeness (QED) is 0.754. The van der Waals surface area contributed by atoms with Gasteiger partial charge in [-0.25, -0.2) is 0 Å². The molecule has 0 saturated carbocycles. The molecule has 0 aromatic heterocycles. The van der Waals surface area contributed by atoms with Gasteiger partial charge in [0.25, 0.3) is 0 Å². The molecule has 0 aliphatic rings. The monoisotopic (exact) mass is 224 g/mol. The lowest BCUT2D eigenvalue weighted by molar-refractivity contribution is -0.123. The molecule has 1 aromatic rings. The van der Waals surface area contributed by atoms with Crippen LogP contribution < -0.4 is 0 Å². The lowest BCUT2D eigenvalue weighted by Crippen LogP contribution is -2.17. The van der Waals surface area contributed by atoms with Crippen LogP contribution in [0.3, 0.4) is 0 Å². The number of hydrogen-bond donors (Lipinski definition) is 0. The Morgan fingerprint density at radius 1 is 1.40 bits per heavy atom. The van der Waals surface area contributed by atoms with Gasteiger partial charge in [0, 0.05) is 16.9 Å². The minimum atomic E-state index is -0.0105. The van der Waals surface area contributed by atoms with Crippen molar-refractivity contribution in [2.45, 2.75) is 33.1 Å². The van der Waals surface area contributed by atoms with Crippen molar-refractivity contribution in [3.8, 4) is 0 Å². The summed E-state index contributed by atoms with van der Waals surface area (Å²) in [7, 11) is 0. The van der Waals surface area contributed by atoms with Crippen LogP contribution in [-0.4, -0.2) is 5.78 Å². The average molecular weight is 225 g/mol. The van der Waals surface area contributed by atoms with Crippen molar-refractivity contribution in [1.29, 1.82) is 0 Å². The molecule has 2 heteroatoms. The number of halogens is 1. The highest BCUT2D eigenvalue weighted by Crippen LogP contribution is 2.25. The standard InChI is InChI=1S/C13H17ClO/c1-4-12(13(15)9(2)3)10-6-5-7-11(14)8-10/h5-9,12H,4H2,1-3H3. The molecule has 0 heterocycles. The molecule has 15 heavy (non-hydrogen) atoms. The van der Waals surface area contributed by atoms with Gasteiger partial charge in [0.2, 0.25) is 0 Å². The van der Waals surface area contributed by atoms with Crippen LogP contribution in [0.1, 0.15) is 38.7 Å². The maximum Gasteiger partial charge on any atom is 0.142 e. The van der Waals surface area contributed by atoms with Crippen molar-refractivity contribution in [1.82, 2.24) is 0 Å². The molecule has 0 fully saturated rings. The van der Waals surface area contributed by atoms with Gasteiger partial charge < -0.3 is 0 Å². The van der Waals surface area contributed by atoms with Gasteiger partial charge in [-0.3, -0.25) is 4.79 Å². The van der Waals surface area contributed by atoms with Crippen LogP contribution >= 0.6 is 11.6 Å². The zero-order valence-corrected chi connectivity index (χ0v) is 10.2. The van der Waals surface area contributed by atoms with E-state index in [1.807, 2.05) is 45.0 Å². The Kier molecular flexibility index (Phi) is 4.34. The number of ketones is 1. The first kappa shape index (κ1) is 12.3. The Balaban J connectivity index is 2.97. The molecule has 1 atom stereocenters. The second-order valence-electron chi connectivity index (χ2n) is 4.07. The van der Waals surface area contributed by atoms with E-state index in [-0.39, 0.29) is 11.8 Å². The van der Waals surface area contributed by atoms with Crippen LogP contribution in [0.5, 0.6) is 0 Å². The fourth-order valence-corrected chi connectivity index (χ4v) is 1.93. The van der Waals surface area contributed by atoms with E-state index in [0.717, 1.165) is 12.0 Å². The third kappa shape index (κ3) is 3.07.